The Morgan fingerprint density at radius 3 is 2.41 bits per heavy atom. The van der Waals surface area contributed by atoms with Gasteiger partial charge in [0.15, 0.2) is 5.78 Å². The van der Waals surface area contributed by atoms with Crippen LogP contribution in [0.4, 0.5) is 16.2 Å². The molecular weight excluding hydrogens is 370 g/mol. The van der Waals surface area contributed by atoms with Crippen molar-refractivity contribution in [1.29, 1.82) is 0 Å². The number of amides is 2. The van der Waals surface area contributed by atoms with Gasteiger partial charge in [0.05, 0.1) is 17.9 Å². The van der Waals surface area contributed by atoms with Crippen LogP contribution in [0.1, 0.15) is 34.6 Å². The quantitative estimate of drug-likeness (QED) is 0.620. The van der Waals surface area contributed by atoms with Gasteiger partial charge >= 0.3 is 12.0 Å². The summed E-state index contributed by atoms with van der Waals surface area (Å²) in [6.45, 7) is 5.96. The lowest BCUT2D eigenvalue weighted by Gasteiger charge is -2.36. The third-order valence-electron chi connectivity index (χ3n) is 4.85. The number of esters is 1. The summed E-state index contributed by atoms with van der Waals surface area (Å²) < 4.78 is 5.05. The van der Waals surface area contributed by atoms with Gasteiger partial charge in [0.25, 0.3) is 0 Å². The Bertz CT molecular complexity index is 904. The first-order chi connectivity index (χ1) is 14.0. The fraction of sp³-hybridized carbons (Fsp3) is 0.318. The van der Waals surface area contributed by atoms with Gasteiger partial charge in [0.2, 0.25) is 0 Å². The van der Waals surface area contributed by atoms with E-state index in [0.717, 1.165) is 5.69 Å². The second kappa shape index (κ2) is 9.23. The molecule has 0 atom stereocenters. The van der Waals surface area contributed by atoms with Crippen molar-refractivity contribution < 1.29 is 19.1 Å². The van der Waals surface area contributed by atoms with Gasteiger partial charge in [-0.2, -0.15) is 0 Å². The minimum atomic E-state index is -0.460. The monoisotopic (exact) mass is 395 g/mol. The van der Waals surface area contributed by atoms with Gasteiger partial charge in [-0.25, -0.2) is 9.59 Å². The molecule has 1 saturated heterocycles. The standard InChI is InChI=1S/C22H25N3O4/c1-3-29-21(27)19-9-4-5-10-20(19)23-22(28)25-13-11-24(12-14-25)18-8-6-7-17(15-18)16(2)26/h4-10,15H,3,11-14H2,1-2H3,(H,23,28). The number of hydrogen-bond donors (Lipinski definition) is 1. The zero-order chi connectivity index (χ0) is 20.8. The van der Waals surface area contributed by atoms with Crippen LogP contribution in [0.15, 0.2) is 48.5 Å². The topological polar surface area (TPSA) is 79.0 Å². The van der Waals surface area contributed by atoms with Crippen LogP contribution in [0, 0.1) is 0 Å². The number of ether oxygens (including phenoxy) is 1. The highest BCUT2D eigenvalue weighted by Gasteiger charge is 2.23. The predicted molar refractivity (Wildman–Crippen MR) is 112 cm³/mol. The highest BCUT2D eigenvalue weighted by molar-refractivity contribution is 6.01. The summed E-state index contributed by atoms with van der Waals surface area (Å²) in [6, 6.07) is 14.1. The number of benzene rings is 2. The van der Waals surface area contributed by atoms with Gasteiger partial charge < -0.3 is 19.9 Å². The normalized spacial score (nSPS) is 13.7. The molecule has 1 aliphatic rings. The van der Waals surface area contributed by atoms with E-state index in [1.807, 2.05) is 18.2 Å². The molecule has 152 valence electrons. The molecule has 1 fully saturated rings. The molecule has 2 amide bonds. The Labute approximate surface area is 170 Å². The Morgan fingerprint density at radius 1 is 1.00 bits per heavy atom. The highest BCUT2D eigenvalue weighted by Crippen LogP contribution is 2.20. The molecule has 0 aromatic heterocycles. The molecule has 0 saturated carbocycles. The third kappa shape index (κ3) is 4.93. The number of urea groups is 1. The lowest BCUT2D eigenvalue weighted by atomic mass is 10.1. The maximum atomic E-state index is 12.7. The number of ketones is 1. The van der Waals surface area contributed by atoms with E-state index in [4.69, 9.17) is 4.74 Å². The number of nitrogens with zero attached hydrogens (tertiary/aromatic N) is 2. The highest BCUT2D eigenvalue weighted by atomic mass is 16.5. The van der Waals surface area contributed by atoms with Crippen molar-refractivity contribution in [3.8, 4) is 0 Å². The van der Waals surface area contributed by atoms with Crippen molar-refractivity contribution in [3.63, 3.8) is 0 Å². The van der Waals surface area contributed by atoms with Crippen LogP contribution in [0.2, 0.25) is 0 Å². The molecule has 0 unspecified atom stereocenters. The van der Waals surface area contributed by atoms with Crippen molar-refractivity contribution in [2.24, 2.45) is 0 Å². The number of anilines is 2. The number of carbonyl (C=O) groups is 3. The molecule has 0 bridgehead atoms. The van der Waals surface area contributed by atoms with Crippen LogP contribution in [0.5, 0.6) is 0 Å². The van der Waals surface area contributed by atoms with Crippen LogP contribution < -0.4 is 10.2 Å². The SMILES string of the molecule is CCOC(=O)c1ccccc1NC(=O)N1CCN(c2cccc(C(C)=O)c2)CC1. The molecule has 2 aromatic rings. The molecule has 7 heteroatoms. The summed E-state index contributed by atoms with van der Waals surface area (Å²) in [6.07, 6.45) is 0. The molecular formula is C22H25N3O4. The van der Waals surface area contributed by atoms with Gasteiger partial charge in [-0.15, -0.1) is 0 Å². The largest absolute Gasteiger partial charge is 0.462 e. The molecule has 29 heavy (non-hydrogen) atoms. The zero-order valence-corrected chi connectivity index (χ0v) is 16.7. The van der Waals surface area contributed by atoms with Crippen molar-refractivity contribution in [2.45, 2.75) is 13.8 Å². The Morgan fingerprint density at radius 2 is 1.72 bits per heavy atom. The molecule has 0 spiro atoms. The first-order valence-electron chi connectivity index (χ1n) is 9.67. The average molecular weight is 395 g/mol. The van der Waals surface area contributed by atoms with Gasteiger partial charge in [0.1, 0.15) is 0 Å². The molecule has 1 N–H and O–H groups in total. The maximum absolute atomic E-state index is 12.7. The number of hydrogen-bond acceptors (Lipinski definition) is 5. The second-order valence-electron chi connectivity index (χ2n) is 6.78. The lowest BCUT2D eigenvalue weighted by Crippen LogP contribution is -2.50. The second-order valence-corrected chi connectivity index (χ2v) is 6.78. The Balaban J connectivity index is 1.62. The van der Waals surface area contributed by atoms with E-state index >= 15 is 0 Å². The minimum Gasteiger partial charge on any atom is -0.462 e. The molecule has 1 aliphatic heterocycles. The number of nitrogens with one attached hydrogen (secondary N) is 1. The fourth-order valence-electron chi connectivity index (χ4n) is 3.26. The van der Waals surface area contributed by atoms with Crippen molar-refractivity contribution in [3.05, 3.63) is 59.7 Å². The number of rotatable bonds is 5. The van der Waals surface area contributed by atoms with Crippen LogP contribution in [0.3, 0.4) is 0 Å². The average Bonchev–Trinajstić information content (AvgIpc) is 2.74. The smallest absolute Gasteiger partial charge is 0.340 e. The van der Waals surface area contributed by atoms with Crippen LogP contribution >= 0.6 is 0 Å². The van der Waals surface area contributed by atoms with Crippen molar-refractivity contribution in [2.75, 3.05) is 43.0 Å². The zero-order valence-electron chi connectivity index (χ0n) is 16.7. The van der Waals surface area contributed by atoms with Crippen LogP contribution in [-0.2, 0) is 4.74 Å². The third-order valence-corrected chi connectivity index (χ3v) is 4.85. The van der Waals surface area contributed by atoms with Crippen LogP contribution in [-0.4, -0.2) is 55.5 Å². The summed E-state index contributed by atoms with van der Waals surface area (Å²) in [7, 11) is 0. The van der Waals surface area contributed by atoms with E-state index in [1.54, 1.807) is 49.1 Å². The molecule has 3 rings (SSSR count). The van der Waals surface area contributed by atoms with E-state index in [1.165, 1.54) is 0 Å². The molecule has 0 aliphatic carbocycles. The summed E-state index contributed by atoms with van der Waals surface area (Å²) in [5.74, 6) is -0.427. The minimum absolute atomic E-state index is 0.0325. The number of carbonyl (C=O) groups excluding carboxylic acids is 3. The number of piperazine rings is 1. The molecule has 7 nitrogen and oxygen atoms in total. The van der Waals surface area contributed by atoms with Crippen molar-refractivity contribution >= 4 is 29.2 Å². The molecule has 1 heterocycles. The summed E-state index contributed by atoms with van der Waals surface area (Å²) in [5.41, 5.74) is 2.43. The van der Waals surface area contributed by atoms with Crippen molar-refractivity contribution in [1.82, 2.24) is 4.90 Å². The fourth-order valence-corrected chi connectivity index (χ4v) is 3.26. The van der Waals surface area contributed by atoms with E-state index in [9.17, 15) is 14.4 Å². The lowest BCUT2D eigenvalue weighted by molar-refractivity contribution is 0.0527. The number of Topliss-reactive ketones (excluding diaryl/α,β-unsaturated/α-hetero) is 1. The predicted octanol–water partition coefficient (Wildman–Crippen LogP) is 3.42. The molecule has 0 radical (unpaired) electrons. The van der Waals surface area contributed by atoms with Gasteiger partial charge in [-0.1, -0.05) is 24.3 Å². The van der Waals surface area contributed by atoms with E-state index in [0.29, 0.717) is 43.0 Å². The van der Waals surface area contributed by atoms with Gasteiger partial charge in [-0.05, 0) is 38.1 Å². The number of para-hydroxylation sites is 1. The van der Waals surface area contributed by atoms with E-state index in [2.05, 4.69) is 10.2 Å². The molecule has 2 aromatic carbocycles. The van der Waals surface area contributed by atoms with E-state index < -0.39 is 5.97 Å². The van der Waals surface area contributed by atoms with Gasteiger partial charge in [-0.3, -0.25) is 4.79 Å². The Hall–Kier alpha value is -3.35. The first kappa shape index (κ1) is 20.4. The van der Waals surface area contributed by atoms with Crippen LogP contribution in [0.25, 0.3) is 0 Å². The first-order valence-corrected chi connectivity index (χ1v) is 9.67. The van der Waals surface area contributed by atoms with E-state index in [-0.39, 0.29) is 18.4 Å². The summed E-state index contributed by atoms with van der Waals surface area (Å²) in [4.78, 5) is 40.2. The summed E-state index contributed by atoms with van der Waals surface area (Å²) >= 11 is 0. The van der Waals surface area contributed by atoms with Gasteiger partial charge in [0, 0.05) is 37.4 Å². The Kier molecular flexibility index (Phi) is 6.49. The summed E-state index contributed by atoms with van der Waals surface area (Å²) in [5, 5.41) is 2.82. The maximum Gasteiger partial charge on any atom is 0.340 e.